The summed E-state index contributed by atoms with van der Waals surface area (Å²) in [6.07, 6.45) is 4.31. The van der Waals surface area contributed by atoms with Crippen LogP contribution in [0.1, 0.15) is 6.92 Å². The number of carbonyl (C=O) groups excluding carboxylic acids is 1. The first-order chi connectivity index (χ1) is 5.74. The van der Waals surface area contributed by atoms with E-state index in [0.29, 0.717) is 12.2 Å². The molecule has 0 fully saturated rings. The molecule has 0 aliphatic carbocycles. The summed E-state index contributed by atoms with van der Waals surface area (Å²) >= 11 is 0. The Kier molecular flexibility index (Phi) is 2.63. The zero-order chi connectivity index (χ0) is 8.97. The molecule has 63 valence electrons. The molecule has 0 aromatic heterocycles. The van der Waals surface area contributed by atoms with E-state index in [2.05, 4.69) is 5.32 Å². The van der Waals surface area contributed by atoms with Crippen LogP contribution in [0.4, 0.5) is 0 Å². The van der Waals surface area contributed by atoms with Gasteiger partial charge < -0.3 is 4.74 Å². The topological polar surface area (TPSA) is 64.2 Å². The van der Waals surface area contributed by atoms with Crippen molar-refractivity contribution in [1.82, 2.24) is 5.32 Å². The average molecular weight is 165 g/mol. The average Bonchev–Trinajstić information content (AvgIpc) is 2.05. The molecule has 1 aliphatic heterocycles. The van der Waals surface area contributed by atoms with Gasteiger partial charge in [0.2, 0.25) is 0 Å². The van der Waals surface area contributed by atoms with Crippen LogP contribution < -0.4 is 5.32 Å². The smallest absolute Gasteiger partial charge is 0.338 e. The normalized spacial score (nSPS) is 15.1. The highest BCUT2D eigenvalue weighted by atomic mass is 16.5. The molecule has 1 rings (SSSR count). The lowest BCUT2D eigenvalue weighted by Crippen LogP contribution is -2.15. The fourth-order valence-corrected chi connectivity index (χ4v) is 0.772. The van der Waals surface area contributed by atoms with Crippen LogP contribution in [0.15, 0.2) is 23.9 Å². The van der Waals surface area contributed by atoms with E-state index in [9.17, 15) is 4.79 Å². The summed E-state index contributed by atoms with van der Waals surface area (Å²) < 4.78 is 4.73. The third-order valence-corrected chi connectivity index (χ3v) is 1.27. The summed E-state index contributed by atoms with van der Waals surface area (Å²) in [4.78, 5) is 11.1. The number of carbonyl (C=O) groups is 1. The van der Waals surface area contributed by atoms with Crippen LogP contribution in [-0.4, -0.2) is 18.4 Å². The Morgan fingerprint density at radius 2 is 2.50 bits per heavy atom. The van der Waals surface area contributed by atoms with Crippen LogP contribution in [0.3, 0.4) is 0 Å². The summed E-state index contributed by atoms with van der Waals surface area (Å²) in [5.74, 6) is -0.339. The second-order valence-corrected chi connectivity index (χ2v) is 2.15. The number of esters is 1. The molecule has 1 heterocycles. The zero-order valence-corrected chi connectivity index (χ0v) is 6.70. The third kappa shape index (κ3) is 1.95. The fraction of sp³-hybridized carbons (Fsp3) is 0.250. The van der Waals surface area contributed by atoms with Gasteiger partial charge in [-0.2, -0.15) is 0 Å². The highest BCUT2D eigenvalue weighted by Crippen LogP contribution is 2.04. The maximum atomic E-state index is 11.1. The minimum Gasteiger partial charge on any atom is -0.462 e. The molecule has 0 bridgehead atoms. The van der Waals surface area contributed by atoms with Gasteiger partial charge in [-0.15, -0.1) is 0 Å². The number of rotatable bonds is 2. The zero-order valence-electron chi connectivity index (χ0n) is 6.70. The van der Waals surface area contributed by atoms with Gasteiger partial charge in [-0.05, 0) is 19.1 Å². The van der Waals surface area contributed by atoms with E-state index >= 15 is 0 Å². The highest BCUT2D eigenvalue weighted by molar-refractivity contribution is 6.03. The van der Waals surface area contributed by atoms with Crippen molar-refractivity contribution in [3.63, 3.8) is 0 Å². The molecule has 1 aliphatic rings. The number of nitrogens with one attached hydrogen (secondary N) is 1. The van der Waals surface area contributed by atoms with Gasteiger partial charge in [-0.1, -0.05) is 0 Å². The number of ether oxygens (including phenoxy) is 1. The Balaban J connectivity index is 2.68. The molecule has 12 heavy (non-hydrogen) atoms. The SMILES string of the molecule is CCOC(=O)C1=CC(=N)[N]C=C1. The van der Waals surface area contributed by atoms with Gasteiger partial charge in [0.15, 0.2) is 0 Å². The van der Waals surface area contributed by atoms with Gasteiger partial charge >= 0.3 is 5.97 Å². The first-order valence-corrected chi connectivity index (χ1v) is 3.59. The second kappa shape index (κ2) is 3.71. The van der Waals surface area contributed by atoms with E-state index in [1.807, 2.05) is 0 Å². The first-order valence-electron chi connectivity index (χ1n) is 3.59. The quantitative estimate of drug-likeness (QED) is 0.608. The van der Waals surface area contributed by atoms with Crippen LogP contribution in [0.5, 0.6) is 0 Å². The van der Waals surface area contributed by atoms with Crippen LogP contribution in [0.25, 0.3) is 0 Å². The van der Waals surface area contributed by atoms with Crippen molar-refractivity contribution < 1.29 is 9.53 Å². The number of hydrogen-bond donors (Lipinski definition) is 1. The Morgan fingerprint density at radius 1 is 1.75 bits per heavy atom. The van der Waals surface area contributed by atoms with Crippen molar-refractivity contribution in [1.29, 1.82) is 5.41 Å². The lowest BCUT2D eigenvalue weighted by atomic mass is 10.2. The molecule has 0 aromatic carbocycles. The highest BCUT2D eigenvalue weighted by Gasteiger charge is 2.10. The van der Waals surface area contributed by atoms with E-state index in [1.165, 1.54) is 18.4 Å². The van der Waals surface area contributed by atoms with Crippen LogP contribution in [-0.2, 0) is 9.53 Å². The maximum Gasteiger partial charge on any atom is 0.338 e. The molecule has 0 amide bonds. The minimum absolute atomic E-state index is 0.0700. The summed E-state index contributed by atoms with van der Waals surface area (Å²) in [6.45, 7) is 2.08. The van der Waals surface area contributed by atoms with E-state index in [0.717, 1.165) is 0 Å². The largest absolute Gasteiger partial charge is 0.462 e. The van der Waals surface area contributed by atoms with Crippen LogP contribution in [0.2, 0.25) is 0 Å². The molecule has 1 radical (unpaired) electrons. The van der Waals surface area contributed by atoms with E-state index in [-0.39, 0.29) is 5.84 Å². The summed E-state index contributed by atoms with van der Waals surface area (Å²) in [5, 5.41) is 10.8. The molecule has 1 N–H and O–H groups in total. The number of amidine groups is 1. The molecular weight excluding hydrogens is 156 g/mol. The summed E-state index contributed by atoms with van der Waals surface area (Å²) in [5.41, 5.74) is 0.372. The van der Waals surface area contributed by atoms with Gasteiger partial charge in [0, 0.05) is 6.20 Å². The number of nitrogens with zero attached hydrogens (tertiary/aromatic N) is 1. The number of hydrogen-bond acceptors (Lipinski definition) is 3. The Morgan fingerprint density at radius 3 is 3.08 bits per heavy atom. The lowest BCUT2D eigenvalue weighted by molar-refractivity contribution is -0.138. The van der Waals surface area contributed by atoms with E-state index in [4.69, 9.17) is 10.1 Å². The van der Waals surface area contributed by atoms with Gasteiger partial charge in [-0.25, -0.2) is 10.1 Å². The second-order valence-electron chi connectivity index (χ2n) is 2.15. The molecule has 0 saturated heterocycles. The third-order valence-electron chi connectivity index (χ3n) is 1.27. The van der Waals surface area contributed by atoms with Crippen LogP contribution in [0, 0.1) is 5.41 Å². The monoisotopic (exact) mass is 165 g/mol. The molecule has 0 unspecified atom stereocenters. The molecule has 0 spiro atoms. The van der Waals surface area contributed by atoms with Crippen LogP contribution >= 0.6 is 0 Å². The molecule has 4 nitrogen and oxygen atoms in total. The van der Waals surface area contributed by atoms with Gasteiger partial charge in [0.1, 0.15) is 5.84 Å². The predicted molar refractivity (Wildman–Crippen MR) is 43.7 cm³/mol. The van der Waals surface area contributed by atoms with Crippen molar-refractivity contribution in [2.45, 2.75) is 6.92 Å². The molecule has 0 aromatic rings. The van der Waals surface area contributed by atoms with E-state index in [1.54, 1.807) is 6.92 Å². The molecule has 0 saturated carbocycles. The summed E-state index contributed by atoms with van der Waals surface area (Å²) in [7, 11) is 0. The fourth-order valence-electron chi connectivity index (χ4n) is 0.772. The Bertz CT molecular complexity index is 266. The maximum absolute atomic E-state index is 11.1. The molecule has 4 heteroatoms. The predicted octanol–water partition coefficient (Wildman–Crippen LogP) is 0.585. The van der Waals surface area contributed by atoms with Gasteiger partial charge in [-0.3, -0.25) is 5.41 Å². The minimum atomic E-state index is -0.409. The Hall–Kier alpha value is -1.58. The Labute approximate surface area is 70.4 Å². The van der Waals surface area contributed by atoms with E-state index < -0.39 is 5.97 Å². The lowest BCUT2D eigenvalue weighted by Gasteiger charge is -2.05. The van der Waals surface area contributed by atoms with Gasteiger partial charge in [0.05, 0.1) is 12.2 Å². The van der Waals surface area contributed by atoms with Crippen molar-refractivity contribution in [2.75, 3.05) is 6.61 Å². The summed E-state index contributed by atoms with van der Waals surface area (Å²) in [6, 6.07) is 0. The van der Waals surface area contributed by atoms with Crippen molar-refractivity contribution >= 4 is 11.8 Å². The first kappa shape index (κ1) is 8.52. The van der Waals surface area contributed by atoms with Crippen molar-refractivity contribution in [2.24, 2.45) is 0 Å². The molecular formula is C8H9N2O2. The molecule has 0 atom stereocenters. The van der Waals surface area contributed by atoms with Gasteiger partial charge in [0.25, 0.3) is 0 Å². The van der Waals surface area contributed by atoms with Crippen molar-refractivity contribution in [3.05, 3.63) is 23.9 Å². The standard InChI is InChI=1S/C8H9N2O2/c1-2-12-8(11)6-3-4-10-7(9)5-6/h3-5,9H,2H2,1H3. The van der Waals surface area contributed by atoms with Crippen molar-refractivity contribution in [3.8, 4) is 0 Å².